The minimum Gasteiger partial charge on any atom is -0.395 e. The zero-order valence-corrected chi connectivity index (χ0v) is 15.3. The van der Waals surface area contributed by atoms with E-state index in [9.17, 15) is 19.5 Å². The van der Waals surface area contributed by atoms with Crippen molar-refractivity contribution in [2.24, 2.45) is 5.73 Å². The molecule has 1 fully saturated rings. The van der Waals surface area contributed by atoms with Gasteiger partial charge in [-0.05, 0) is 37.1 Å². The Morgan fingerprint density at radius 1 is 1.26 bits per heavy atom. The topological polar surface area (TPSA) is 116 Å². The fourth-order valence-corrected chi connectivity index (χ4v) is 3.79. The molecular weight excluding hydrogens is 348 g/mol. The van der Waals surface area contributed by atoms with Crippen LogP contribution in [0.15, 0.2) is 18.2 Å². The first-order chi connectivity index (χ1) is 13.0. The molecule has 1 aromatic rings. The molecular formula is C19H26N4O4. The van der Waals surface area contributed by atoms with E-state index in [1.54, 1.807) is 4.90 Å². The molecule has 0 aliphatic carbocycles. The number of piperidine rings is 1. The lowest BCUT2D eigenvalue weighted by molar-refractivity contribution is -0.136. The second kappa shape index (κ2) is 8.60. The van der Waals surface area contributed by atoms with Gasteiger partial charge in [0.25, 0.3) is 5.91 Å². The number of carbonyl (C=O) groups excluding carboxylic acids is 3. The van der Waals surface area contributed by atoms with E-state index in [0.717, 1.165) is 24.1 Å². The Kier molecular flexibility index (Phi) is 6.20. The summed E-state index contributed by atoms with van der Waals surface area (Å²) in [7, 11) is 0. The summed E-state index contributed by atoms with van der Waals surface area (Å²) in [4.78, 5) is 40.3. The maximum atomic E-state index is 13.1. The van der Waals surface area contributed by atoms with Gasteiger partial charge in [-0.1, -0.05) is 18.2 Å². The van der Waals surface area contributed by atoms with E-state index in [-0.39, 0.29) is 24.8 Å². The Morgan fingerprint density at radius 2 is 2.07 bits per heavy atom. The first kappa shape index (κ1) is 19.5. The number of fused-ring (bicyclic) bond motifs is 1. The number of hydrogen-bond donors (Lipinski definition) is 3. The van der Waals surface area contributed by atoms with Gasteiger partial charge in [0.15, 0.2) is 0 Å². The van der Waals surface area contributed by atoms with Gasteiger partial charge in [-0.15, -0.1) is 0 Å². The molecule has 0 saturated carbocycles. The van der Waals surface area contributed by atoms with Crippen molar-refractivity contribution in [3.05, 3.63) is 34.9 Å². The lowest BCUT2D eigenvalue weighted by Gasteiger charge is -2.29. The molecule has 2 aliphatic rings. The SMILES string of the molecule is NCCCN(CCO)Cc1cccc2c1C(=O)N(C1CCC(=O)NC1=O)C2. The number of nitrogens with one attached hydrogen (secondary N) is 1. The minimum atomic E-state index is -0.610. The van der Waals surface area contributed by atoms with Crippen molar-refractivity contribution in [3.63, 3.8) is 0 Å². The number of imide groups is 1. The van der Waals surface area contributed by atoms with Crippen molar-refractivity contribution in [1.29, 1.82) is 0 Å². The molecule has 0 aromatic heterocycles. The first-order valence-corrected chi connectivity index (χ1v) is 9.34. The number of aliphatic hydroxyl groups is 1. The summed E-state index contributed by atoms with van der Waals surface area (Å²) in [5.74, 6) is -0.864. The molecule has 2 heterocycles. The van der Waals surface area contributed by atoms with Crippen LogP contribution in [0.5, 0.6) is 0 Å². The molecule has 1 saturated heterocycles. The van der Waals surface area contributed by atoms with Crippen LogP contribution in [0.3, 0.4) is 0 Å². The molecule has 4 N–H and O–H groups in total. The molecule has 146 valence electrons. The van der Waals surface area contributed by atoms with Crippen LogP contribution < -0.4 is 11.1 Å². The Morgan fingerprint density at radius 3 is 2.78 bits per heavy atom. The van der Waals surface area contributed by atoms with Gasteiger partial charge in [0.05, 0.1) is 6.61 Å². The summed E-state index contributed by atoms with van der Waals surface area (Å²) < 4.78 is 0. The van der Waals surface area contributed by atoms with Gasteiger partial charge in [0.2, 0.25) is 11.8 Å². The van der Waals surface area contributed by atoms with Crippen molar-refractivity contribution >= 4 is 17.7 Å². The number of nitrogens with two attached hydrogens (primary N) is 1. The van der Waals surface area contributed by atoms with Crippen LogP contribution in [0.2, 0.25) is 0 Å². The van der Waals surface area contributed by atoms with Crippen LogP contribution in [0, 0.1) is 0 Å². The second-order valence-corrected chi connectivity index (χ2v) is 6.99. The monoisotopic (exact) mass is 374 g/mol. The molecule has 1 atom stereocenters. The third-order valence-corrected chi connectivity index (χ3v) is 5.13. The third-order valence-electron chi connectivity index (χ3n) is 5.13. The molecule has 0 bridgehead atoms. The predicted molar refractivity (Wildman–Crippen MR) is 98.5 cm³/mol. The predicted octanol–water partition coefficient (Wildman–Crippen LogP) is -0.409. The fraction of sp³-hybridized carbons (Fsp3) is 0.526. The maximum Gasteiger partial charge on any atom is 0.255 e. The number of carbonyl (C=O) groups is 3. The third kappa shape index (κ3) is 4.18. The van der Waals surface area contributed by atoms with Crippen molar-refractivity contribution < 1.29 is 19.5 Å². The summed E-state index contributed by atoms with van der Waals surface area (Å²) in [5.41, 5.74) is 8.01. The average Bonchev–Trinajstić information content (AvgIpc) is 2.97. The molecule has 3 amide bonds. The zero-order chi connectivity index (χ0) is 19.4. The molecule has 0 radical (unpaired) electrons. The number of rotatable bonds is 8. The van der Waals surface area contributed by atoms with Crippen molar-refractivity contribution in [2.75, 3.05) is 26.2 Å². The van der Waals surface area contributed by atoms with Crippen molar-refractivity contribution in [2.45, 2.75) is 38.4 Å². The van der Waals surface area contributed by atoms with Gasteiger partial charge in [-0.3, -0.25) is 24.6 Å². The van der Waals surface area contributed by atoms with Gasteiger partial charge in [0.1, 0.15) is 6.04 Å². The average molecular weight is 374 g/mol. The molecule has 27 heavy (non-hydrogen) atoms. The van der Waals surface area contributed by atoms with Crippen molar-refractivity contribution in [1.82, 2.24) is 15.1 Å². The summed E-state index contributed by atoms with van der Waals surface area (Å²) in [6.07, 6.45) is 1.41. The molecule has 1 unspecified atom stereocenters. The Hall–Kier alpha value is -2.29. The number of amides is 3. The minimum absolute atomic E-state index is 0.0376. The second-order valence-electron chi connectivity index (χ2n) is 6.99. The van der Waals surface area contributed by atoms with Gasteiger partial charge < -0.3 is 15.7 Å². The number of nitrogens with zero attached hydrogens (tertiary/aromatic N) is 2. The van der Waals surface area contributed by atoms with Gasteiger partial charge in [0, 0.05) is 31.6 Å². The van der Waals surface area contributed by atoms with Crippen LogP contribution in [-0.2, 0) is 22.7 Å². The summed E-state index contributed by atoms with van der Waals surface area (Å²) in [6, 6.07) is 5.12. The fourth-order valence-electron chi connectivity index (χ4n) is 3.79. The molecule has 8 heteroatoms. The lowest BCUT2D eigenvalue weighted by atomic mass is 10.0. The zero-order valence-electron chi connectivity index (χ0n) is 15.3. The van der Waals surface area contributed by atoms with E-state index < -0.39 is 11.9 Å². The van der Waals surface area contributed by atoms with Crippen LogP contribution in [0.1, 0.15) is 40.7 Å². The molecule has 3 rings (SSSR count). The highest BCUT2D eigenvalue weighted by molar-refractivity contribution is 6.05. The van der Waals surface area contributed by atoms with Gasteiger partial charge >= 0.3 is 0 Å². The number of aliphatic hydroxyl groups excluding tert-OH is 1. The Labute approximate surface area is 158 Å². The largest absolute Gasteiger partial charge is 0.395 e. The summed E-state index contributed by atoms with van der Waals surface area (Å²) >= 11 is 0. The highest BCUT2D eigenvalue weighted by atomic mass is 16.3. The van der Waals surface area contributed by atoms with E-state index >= 15 is 0 Å². The van der Waals surface area contributed by atoms with Crippen LogP contribution >= 0.6 is 0 Å². The van der Waals surface area contributed by atoms with E-state index in [4.69, 9.17) is 5.73 Å². The maximum absolute atomic E-state index is 13.1. The molecule has 2 aliphatic heterocycles. The number of benzene rings is 1. The molecule has 8 nitrogen and oxygen atoms in total. The Bertz CT molecular complexity index is 736. The normalized spacial score (nSPS) is 19.6. The quantitative estimate of drug-likeness (QED) is 0.533. The van der Waals surface area contributed by atoms with Crippen LogP contribution in [-0.4, -0.2) is 64.9 Å². The van der Waals surface area contributed by atoms with Crippen molar-refractivity contribution in [3.8, 4) is 0 Å². The van der Waals surface area contributed by atoms with Crippen LogP contribution in [0.4, 0.5) is 0 Å². The van der Waals surface area contributed by atoms with E-state index in [2.05, 4.69) is 10.2 Å². The first-order valence-electron chi connectivity index (χ1n) is 9.34. The van der Waals surface area contributed by atoms with E-state index in [1.807, 2.05) is 18.2 Å². The Balaban J connectivity index is 1.79. The van der Waals surface area contributed by atoms with Crippen LogP contribution in [0.25, 0.3) is 0 Å². The highest BCUT2D eigenvalue weighted by Crippen LogP contribution is 2.30. The van der Waals surface area contributed by atoms with E-state index in [1.165, 1.54) is 0 Å². The highest BCUT2D eigenvalue weighted by Gasteiger charge is 2.40. The van der Waals surface area contributed by atoms with E-state index in [0.29, 0.717) is 38.2 Å². The van der Waals surface area contributed by atoms with Gasteiger partial charge in [-0.2, -0.15) is 0 Å². The molecule has 1 aromatic carbocycles. The standard InChI is InChI=1S/C19H26N4O4/c20-7-2-8-22(9-10-24)11-13-3-1-4-14-12-23(19(27)17(13)14)15-5-6-16(25)21-18(15)26/h1,3-4,15,24H,2,5-12,20H2,(H,21,25,26). The lowest BCUT2D eigenvalue weighted by Crippen LogP contribution is -2.52. The summed E-state index contributed by atoms with van der Waals surface area (Å²) in [5, 5.41) is 11.6. The summed E-state index contributed by atoms with van der Waals surface area (Å²) in [6.45, 7) is 2.77. The molecule has 0 spiro atoms. The van der Waals surface area contributed by atoms with Gasteiger partial charge in [-0.25, -0.2) is 0 Å². The number of hydrogen-bond acceptors (Lipinski definition) is 6. The smallest absolute Gasteiger partial charge is 0.255 e.